The Balaban J connectivity index is 1.83. The van der Waals surface area contributed by atoms with Crippen molar-refractivity contribution in [1.82, 2.24) is 0 Å². The molecule has 3 heterocycles. The summed E-state index contributed by atoms with van der Waals surface area (Å²) < 4.78 is 22.9. The average Bonchev–Trinajstić information content (AvgIpc) is 3.18. The lowest BCUT2D eigenvalue weighted by molar-refractivity contribution is -0.303. The van der Waals surface area contributed by atoms with Gasteiger partial charge in [-0.05, 0) is 26.2 Å². The third-order valence-electron chi connectivity index (χ3n) is 11.1. The molecule has 3 rings (SSSR count). The quantitative estimate of drug-likeness (QED) is 0.159. The van der Waals surface area contributed by atoms with Crippen LogP contribution < -0.4 is 11.5 Å². The largest absolute Gasteiger partial charge is 0.462 e. The third-order valence-corrected chi connectivity index (χ3v) is 11.1. The van der Waals surface area contributed by atoms with Gasteiger partial charge in [0, 0.05) is 38.0 Å². The minimum Gasteiger partial charge on any atom is -0.462 e. The van der Waals surface area contributed by atoms with Gasteiger partial charge in [0.25, 0.3) is 0 Å². The molecule has 2 bridgehead atoms. The van der Waals surface area contributed by atoms with E-state index in [1.807, 2.05) is 31.2 Å². The Morgan fingerprint density at radius 2 is 1.27 bits per heavy atom. The van der Waals surface area contributed by atoms with Crippen molar-refractivity contribution >= 4 is 11.9 Å². The van der Waals surface area contributed by atoms with Gasteiger partial charge in [-0.15, -0.1) is 0 Å². The SMILES string of the molecule is C[C@H]1C[C@H](O)[C@@H](C)/C=C/C=C/C=C/C=C/C=C/C=C/C=C/[C@H](O[C@@H]2OC[C@@H](O)[C@H](N)[C@@H]2O)C[C@@H]2O[C@](O)(CC(O)CC(O)C(O)CCC(O)CC(O)CC(=O)O1)C[C@H](O)C2C(N)=O. The van der Waals surface area contributed by atoms with Gasteiger partial charge in [0.1, 0.15) is 12.2 Å². The summed E-state index contributed by atoms with van der Waals surface area (Å²) >= 11 is 0. The van der Waals surface area contributed by atoms with E-state index in [0.717, 1.165) is 0 Å². The second kappa shape index (κ2) is 27.1. The number of rotatable bonds is 3. The van der Waals surface area contributed by atoms with Gasteiger partial charge in [0.2, 0.25) is 5.91 Å². The minimum atomic E-state index is -2.26. The third kappa shape index (κ3) is 19.3. The fourth-order valence-electron chi connectivity index (χ4n) is 7.54. The number of aliphatic hydroxyl groups excluding tert-OH is 9. The summed E-state index contributed by atoms with van der Waals surface area (Å²) in [4.78, 5) is 25.1. The molecule has 3 aliphatic rings. The first-order chi connectivity index (χ1) is 29.8. The molecule has 18 heteroatoms. The molecular formula is C45H70N2O16. The van der Waals surface area contributed by atoms with E-state index in [-0.39, 0.29) is 44.6 Å². The number of primary amides is 1. The summed E-state index contributed by atoms with van der Waals surface area (Å²) in [6.45, 7) is 3.20. The molecule has 18 nitrogen and oxygen atoms in total. The Hall–Kier alpha value is -3.44. The van der Waals surface area contributed by atoms with E-state index in [1.165, 1.54) is 0 Å². The van der Waals surface area contributed by atoms with Crippen LogP contribution in [0.1, 0.15) is 71.6 Å². The molecule has 2 saturated heterocycles. The van der Waals surface area contributed by atoms with Crippen molar-refractivity contribution in [3.8, 4) is 0 Å². The standard InChI is InChI=1S/C45H70N2O16/c1-27-15-13-11-9-7-5-3-4-6-8-10-12-14-16-32(62-44-42(57)41(46)37(55)26-60-44)23-38-40(43(47)58)36(54)25-45(59,63-38)24-31(50)21-35(53)33(51)18-17-29(48)20-30(49)22-39(56)61-28(2)19-34(27)52/h3-16,27-38,40-42,44,48-55,57,59H,17-26,46H2,1-2H3,(H2,47,58)/b4-3+,7-5+,8-6+,11-9+,12-10+,15-13+,16-14+/t27-,28-,29?,30?,31?,32-,33?,34-,35?,36-,37+,38-,40?,41-,42-,44-,45+/m0/s1. The molecule has 0 aliphatic carbocycles. The van der Waals surface area contributed by atoms with Gasteiger partial charge in [0.05, 0.1) is 86.0 Å². The zero-order chi connectivity index (χ0) is 46.7. The van der Waals surface area contributed by atoms with E-state index < -0.39 is 135 Å². The topological polar surface area (TPSA) is 325 Å². The van der Waals surface area contributed by atoms with Crippen LogP contribution >= 0.6 is 0 Å². The lowest BCUT2D eigenvalue weighted by Gasteiger charge is -2.45. The molecule has 3 aliphatic heterocycles. The highest BCUT2D eigenvalue weighted by atomic mass is 16.7. The van der Waals surface area contributed by atoms with Crippen LogP contribution in [0.5, 0.6) is 0 Å². The number of aliphatic hydroxyl groups is 10. The van der Waals surface area contributed by atoms with Crippen LogP contribution in [-0.4, -0.2) is 161 Å². The average molecular weight is 895 g/mol. The van der Waals surface area contributed by atoms with E-state index in [2.05, 4.69) is 0 Å². The van der Waals surface area contributed by atoms with Gasteiger partial charge in [-0.25, -0.2) is 0 Å². The molecular weight excluding hydrogens is 824 g/mol. The minimum absolute atomic E-state index is 0.0913. The Morgan fingerprint density at radius 3 is 1.87 bits per heavy atom. The fraction of sp³-hybridized carbons (Fsp3) is 0.644. The number of allylic oxidation sites excluding steroid dienone is 12. The fourth-order valence-corrected chi connectivity index (χ4v) is 7.54. The van der Waals surface area contributed by atoms with Crippen LogP contribution in [0.3, 0.4) is 0 Å². The van der Waals surface area contributed by atoms with Gasteiger partial charge < -0.3 is 81.5 Å². The van der Waals surface area contributed by atoms with Crippen molar-refractivity contribution in [2.24, 2.45) is 23.3 Å². The predicted octanol–water partition coefficient (Wildman–Crippen LogP) is -0.522. The zero-order valence-corrected chi connectivity index (χ0v) is 36.0. The first kappa shape index (κ1) is 53.9. The molecule has 0 aromatic heterocycles. The van der Waals surface area contributed by atoms with Crippen LogP contribution in [0.2, 0.25) is 0 Å². The summed E-state index contributed by atoms with van der Waals surface area (Å²) in [5, 5.41) is 107. The van der Waals surface area contributed by atoms with Crippen molar-refractivity contribution in [2.45, 2.75) is 163 Å². The molecule has 1 amide bonds. The molecule has 0 spiro atoms. The van der Waals surface area contributed by atoms with Crippen molar-refractivity contribution in [2.75, 3.05) is 6.61 Å². The smallest absolute Gasteiger partial charge is 0.308 e. The van der Waals surface area contributed by atoms with Gasteiger partial charge >= 0.3 is 5.97 Å². The predicted molar refractivity (Wildman–Crippen MR) is 229 cm³/mol. The van der Waals surface area contributed by atoms with E-state index >= 15 is 0 Å². The molecule has 6 unspecified atom stereocenters. The van der Waals surface area contributed by atoms with Crippen LogP contribution in [0.25, 0.3) is 0 Å². The van der Waals surface area contributed by atoms with Gasteiger partial charge in [0.15, 0.2) is 12.1 Å². The van der Waals surface area contributed by atoms with Gasteiger partial charge in [-0.2, -0.15) is 0 Å². The molecule has 63 heavy (non-hydrogen) atoms. The highest BCUT2D eigenvalue weighted by Crippen LogP contribution is 2.38. The van der Waals surface area contributed by atoms with E-state index in [0.29, 0.717) is 0 Å². The highest BCUT2D eigenvalue weighted by molar-refractivity contribution is 5.78. The molecule has 14 N–H and O–H groups in total. The van der Waals surface area contributed by atoms with Crippen LogP contribution in [0.4, 0.5) is 0 Å². The number of carbonyl (C=O) groups is 2. The zero-order valence-electron chi connectivity index (χ0n) is 36.0. The summed E-state index contributed by atoms with van der Waals surface area (Å²) in [5.41, 5.74) is 11.6. The Morgan fingerprint density at radius 1 is 0.683 bits per heavy atom. The monoisotopic (exact) mass is 894 g/mol. The molecule has 0 aromatic carbocycles. The first-order valence-electron chi connectivity index (χ1n) is 21.5. The van der Waals surface area contributed by atoms with E-state index in [1.54, 1.807) is 67.7 Å². The van der Waals surface area contributed by atoms with Crippen LogP contribution in [0.15, 0.2) is 85.1 Å². The second-order valence-electron chi connectivity index (χ2n) is 16.8. The molecule has 0 radical (unpaired) electrons. The number of fused-ring (bicyclic) bond motifs is 2. The number of ether oxygens (including phenoxy) is 4. The van der Waals surface area contributed by atoms with E-state index in [9.17, 15) is 60.7 Å². The Labute approximate surface area is 368 Å². The van der Waals surface area contributed by atoms with Crippen molar-refractivity contribution in [1.29, 1.82) is 0 Å². The lowest BCUT2D eigenvalue weighted by atomic mass is 9.82. The number of hydrogen-bond donors (Lipinski definition) is 12. The lowest BCUT2D eigenvalue weighted by Crippen LogP contribution is -2.59. The maximum atomic E-state index is 12.6. The number of amides is 1. The van der Waals surface area contributed by atoms with Crippen molar-refractivity contribution in [3.63, 3.8) is 0 Å². The molecule has 0 aromatic rings. The molecule has 2 fully saturated rings. The molecule has 0 saturated carbocycles. The van der Waals surface area contributed by atoms with Crippen LogP contribution in [0, 0.1) is 11.8 Å². The van der Waals surface area contributed by atoms with E-state index in [4.69, 9.17) is 30.4 Å². The molecule has 17 atom stereocenters. The number of cyclic esters (lactones) is 1. The summed E-state index contributed by atoms with van der Waals surface area (Å²) in [6, 6.07) is -1.10. The first-order valence-corrected chi connectivity index (χ1v) is 21.5. The van der Waals surface area contributed by atoms with Crippen molar-refractivity contribution in [3.05, 3.63) is 85.1 Å². The summed E-state index contributed by atoms with van der Waals surface area (Å²) in [7, 11) is 0. The maximum absolute atomic E-state index is 12.6. The number of esters is 1. The Bertz CT molecular complexity index is 1600. The summed E-state index contributed by atoms with van der Waals surface area (Å²) in [6.07, 6.45) is 5.59. The Kier molecular flexibility index (Phi) is 23.2. The number of hydrogen-bond acceptors (Lipinski definition) is 17. The van der Waals surface area contributed by atoms with Gasteiger partial charge in [-0.1, -0.05) is 92.0 Å². The van der Waals surface area contributed by atoms with Crippen LogP contribution in [-0.2, 0) is 28.5 Å². The number of nitrogens with two attached hydrogens (primary N) is 2. The second-order valence-corrected chi connectivity index (χ2v) is 16.8. The summed E-state index contributed by atoms with van der Waals surface area (Å²) in [5.74, 6) is -5.54. The normalized spacial score (nSPS) is 44.2. The van der Waals surface area contributed by atoms with Gasteiger partial charge in [-0.3, -0.25) is 9.59 Å². The molecule has 356 valence electrons. The number of carbonyl (C=O) groups excluding carboxylic acids is 2. The maximum Gasteiger partial charge on any atom is 0.308 e. The van der Waals surface area contributed by atoms with Crippen molar-refractivity contribution < 1.29 is 79.6 Å². The highest BCUT2D eigenvalue weighted by Gasteiger charge is 2.50.